The van der Waals surface area contributed by atoms with E-state index in [-0.39, 0.29) is 11.7 Å². The predicted octanol–water partition coefficient (Wildman–Crippen LogP) is 4.38. The predicted molar refractivity (Wildman–Crippen MR) is 121 cm³/mol. The first-order chi connectivity index (χ1) is 14.7. The average Bonchev–Trinajstić information content (AvgIpc) is 3.12. The van der Waals surface area contributed by atoms with Crippen molar-refractivity contribution in [2.75, 3.05) is 5.75 Å². The van der Waals surface area contributed by atoms with Crippen LogP contribution in [0.25, 0.3) is 11.0 Å². The zero-order valence-corrected chi connectivity index (χ0v) is 17.5. The molecule has 0 aliphatic carbocycles. The Labute approximate surface area is 183 Å². The van der Waals surface area contributed by atoms with Gasteiger partial charge in [0.1, 0.15) is 0 Å². The summed E-state index contributed by atoms with van der Waals surface area (Å²) in [6, 6.07) is 21.1. The molecule has 1 N–H and O–H groups in total. The van der Waals surface area contributed by atoms with Crippen LogP contribution in [0, 0.1) is 0 Å². The summed E-state index contributed by atoms with van der Waals surface area (Å²) in [5.74, 6) is -0.0330. The number of nitrogens with one attached hydrogen (secondary N) is 1. The summed E-state index contributed by atoms with van der Waals surface area (Å²) in [5.41, 5.74) is 6.06. The molecule has 2 heterocycles. The van der Waals surface area contributed by atoms with Crippen molar-refractivity contribution in [2.24, 2.45) is 5.10 Å². The van der Waals surface area contributed by atoms with Crippen molar-refractivity contribution in [3.63, 3.8) is 0 Å². The van der Waals surface area contributed by atoms with Crippen molar-refractivity contribution >= 4 is 46.5 Å². The van der Waals surface area contributed by atoms with Crippen LogP contribution in [-0.4, -0.2) is 32.4 Å². The maximum absolute atomic E-state index is 12.2. The number of hydrazone groups is 1. The summed E-state index contributed by atoms with van der Waals surface area (Å²) in [6.45, 7) is 0.571. The van der Waals surface area contributed by atoms with Gasteiger partial charge in [-0.2, -0.15) is 5.10 Å². The largest absolute Gasteiger partial charge is 0.314 e. The molecule has 150 valence electrons. The van der Waals surface area contributed by atoms with Crippen LogP contribution in [-0.2, 0) is 11.3 Å². The first kappa shape index (κ1) is 20.1. The molecule has 4 rings (SSSR count). The number of rotatable bonds is 7. The summed E-state index contributed by atoms with van der Waals surface area (Å²) in [5, 5.41) is 5.40. The Morgan fingerprint density at radius 2 is 1.90 bits per heavy atom. The van der Waals surface area contributed by atoms with Crippen LogP contribution in [0.1, 0.15) is 11.3 Å². The molecule has 0 fully saturated rings. The highest BCUT2D eigenvalue weighted by molar-refractivity contribution is 7.99. The van der Waals surface area contributed by atoms with Crippen molar-refractivity contribution in [1.82, 2.24) is 20.0 Å². The number of fused-ring (bicyclic) bond motifs is 1. The van der Waals surface area contributed by atoms with Crippen molar-refractivity contribution in [3.8, 4) is 0 Å². The van der Waals surface area contributed by atoms with Gasteiger partial charge in [0.15, 0.2) is 5.16 Å². The highest BCUT2D eigenvalue weighted by Crippen LogP contribution is 2.26. The number of halogens is 1. The van der Waals surface area contributed by atoms with Gasteiger partial charge < -0.3 is 4.57 Å². The van der Waals surface area contributed by atoms with Crippen LogP contribution < -0.4 is 5.43 Å². The number of para-hydroxylation sites is 2. The zero-order chi connectivity index (χ0) is 20.8. The fourth-order valence-corrected chi connectivity index (χ4v) is 3.90. The number of pyridine rings is 1. The SMILES string of the molecule is O=C(CSc1nc2ccccc2n1Cc1ccccc1Cl)NN=Cc1ccccn1. The molecule has 0 atom stereocenters. The molecule has 0 radical (unpaired) electrons. The first-order valence-electron chi connectivity index (χ1n) is 9.25. The molecule has 0 saturated heterocycles. The minimum Gasteiger partial charge on any atom is -0.314 e. The van der Waals surface area contributed by atoms with Gasteiger partial charge in [-0.05, 0) is 35.9 Å². The van der Waals surface area contributed by atoms with Crippen LogP contribution in [0.15, 0.2) is 83.2 Å². The lowest BCUT2D eigenvalue weighted by atomic mass is 10.2. The number of aromatic nitrogens is 3. The van der Waals surface area contributed by atoms with Crippen LogP contribution in [0.2, 0.25) is 5.02 Å². The smallest absolute Gasteiger partial charge is 0.250 e. The number of hydrogen-bond donors (Lipinski definition) is 1. The van der Waals surface area contributed by atoms with Gasteiger partial charge in [-0.25, -0.2) is 10.4 Å². The van der Waals surface area contributed by atoms with Crippen LogP contribution >= 0.6 is 23.4 Å². The Hall–Kier alpha value is -3.16. The molecule has 30 heavy (non-hydrogen) atoms. The van der Waals surface area contributed by atoms with E-state index < -0.39 is 0 Å². The van der Waals surface area contributed by atoms with Gasteiger partial charge in [-0.1, -0.05) is 59.8 Å². The quantitative estimate of drug-likeness (QED) is 0.266. The highest BCUT2D eigenvalue weighted by atomic mass is 35.5. The number of imidazole rings is 1. The molecule has 0 unspecified atom stereocenters. The van der Waals surface area contributed by atoms with Crippen LogP contribution in [0.4, 0.5) is 0 Å². The van der Waals surface area contributed by atoms with E-state index in [9.17, 15) is 4.79 Å². The number of carbonyl (C=O) groups is 1. The van der Waals surface area contributed by atoms with Gasteiger partial charge in [-0.15, -0.1) is 0 Å². The van der Waals surface area contributed by atoms with E-state index in [1.165, 1.54) is 18.0 Å². The topological polar surface area (TPSA) is 72.2 Å². The van der Waals surface area contributed by atoms with E-state index in [2.05, 4.69) is 20.1 Å². The number of hydrogen-bond acceptors (Lipinski definition) is 5. The molecule has 0 spiro atoms. The molecule has 0 bridgehead atoms. The lowest BCUT2D eigenvalue weighted by Gasteiger charge is -2.10. The molecule has 8 heteroatoms. The summed E-state index contributed by atoms with van der Waals surface area (Å²) >= 11 is 7.71. The highest BCUT2D eigenvalue weighted by Gasteiger charge is 2.14. The maximum atomic E-state index is 12.2. The number of nitrogens with zero attached hydrogens (tertiary/aromatic N) is 4. The lowest BCUT2D eigenvalue weighted by molar-refractivity contribution is -0.118. The molecule has 0 aliphatic rings. The number of thioether (sulfide) groups is 1. The van der Waals surface area contributed by atoms with Gasteiger partial charge in [0.05, 0.1) is 35.2 Å². The second-order valence-corrected chi connectivity index (χ2v) is 7.75. The molecule has 0 aliphatic heterocycles. The zero-order valence-electron chi connectivity index (χ0n) is 15.9. The van der Waals surface area contributed by atoms with E-state index in [4.69, 9.17) is 16.6 Å². The summed E-state index contributed by atoms with van der Waals surface area (Å²) in [7, 11) is 0. The van der Waals surface area contributed by atoms with E-state index in [1.807, 2.05) is 66.7 Å². The van der Waals surface area contributed by atoms with Gasteiger partial charge in [0.25, 0.3) is 5.91 Å². The Kier molecular flexibility index (Phi) is 6.41. The maximum Gasteiger partial charge on any atom is 0.250 e. The Bertz CT molecular complexity index is 1190. The number of carbonyl (C=O) groups excluding carboxylic acids is 1. The first-order valence-corrected chi connectivity index (χ1v) is 10.6. The number of benzene rings is 2. The molecule has 1 amide bonds. The van der Waals surface area contributed by atoms with Crippen molar-refractivity contribution in [3.05, 3.63) is 89.2 Å². The van der Waals surface area contributed by atoms with E-state index in [0.717, 1.165) is 21.8 Å². The Morgan fingerprint density at radius 1 is 1.10 bits per heavy atom. The second kappa shape index (κ2) is 9.56. The monoisotopic (exact) mass is 435 g/mol. The van der Waals surface area contributed by atoms with Crippen LogP contribution in [0.5, 0.6) is 0 Å². The third-order valence-electron chi connectivity index (χ3n) is 4.31. The molecule has 4 aromatic rings. The van der Waals surface area contributed by atoms with E-state index >= 15 is 0 Å². The molecule has 2 aromatic carbocycles. The lowest BCUT2D eigenvalue weighted by Crippen LogP contribution is -2.20. The Morgan fingerprint density at radius 3 is 2.73 bits per heavy atom. The Balaban J connectivity index is 1.47. The second-order valence-electron chi connectivity index (χ2n) is 6.40. The average molecular weight is 436 g/mol. The standard InChI is InChI=1S/C22H18ClN5OS/c23-18-9-2-1-7-16(18)14-28-20-11-4-3-10-19(20)26-22(28)30-15-21(29)27-25-13-17-8-5-6-12-24-17/h1-13H,14-15H2,(H,27,29). The third kappa shape index (κ3) is 4.87. The van der Waals surface area contributed by atoms with Gasteiger partial charge >= 0.3 is 0 Å². The molecule has 2 aromatic heterocycles. The molecule has 0 saturated carbocycles. The van der Waals surface area contributed by atoms with E-state index in [0.29, 0.717) is 17.3 Å². The fraction of sp³-hybridized carbons (Fsp3) is 0.0909. The van der Waals surface area contributed by atoms with Crippen molar-refractivity contribution in [2.45, 2.75) is 11.7 Å². The molecular weight excluding hydrogens is 418 g/mol. The van der Waals surface area contributed by atoms with Gasteiger partial charge in [0.2, 0.25) is 0 Å². The molecular formula is C22H18ClN5OS. The minimum atomic E-state index is -0.219. The van der Waals surface area contributed by atoms with Gasteiger partial charge in [0, 0.05) is 11.2 Å². The summed E-state index contributed by atoms with van der Waals surface area (Å²) in [6.07, 6.45) is 3.18. The van der Waals surface area contributed by atoms with Gasteiger partial charge in [-0.3, -0.25) is 9.78 Å². The minimum absolute atomic E-state index is 0.186. The van der Waals surface area contributed by atoms with Crippen LogP contribution in [0.3, 0.4) is 0 Å². The molecule has 6 nitrogen and oxygen atoms in total. The van der Waals surface area contributed by atoms with Crippen molar-refractivity contribution in [1.29, 1.82) is 0 Å². The normalized spacial score (nSPS) is 11.2. The summed E-state index contributed by atoms with van der Waals surface area (Å²) in [4.78, 5) is 21.0. The number of amides is 1. The van der Waals surface area contributed by atoms with Crippen molar-refractivity contribution < 1.29 is 4.79 Å². The fourth-order valence-electron chi connectivity index (χ4n) is 2.90. The summed E-state index contributed by atoms with van der Waals surface area (Å²) < 4.78 is 2.08. The van der Waals surface area contributed by atoms with E-state index in [1.54, 1.807) is 6.20 Å². The third-order valence-corrected chi connectivity index (χ3v) is 5.66.